The van der Waals surface area contributed by atoms with Crippen LogP contribution in [0.1, 0.15) is 17.5 Å². The molecule has 3 heterocycles. The van der Waals surface area contributed by atoms with E-state index in [2.05, 4.69) is 37.4 Å². The first-order chi connectivity index (χ1) is 16.7. The first-order valence-electron chi connectivity index (χ1n) is 10.7. The fraction of sp³-hybridized carbons (Fsp3) is 0.200. The third-order valence-electron chi connectivity index (χ3n) is 5.34. The van der Waals surface area contributed by atoms with Crippen molar-refractivity contribution in [3.8, 4) is 5.75 Å². The van der Waals surface area contributed by atoms with Gasteiger partial charge in [0.15, 0.2) is 5.43 Å². The van der Waals surface area contributed by atoms with E-state index >= 15 is 0 Å². The van der Waals surface area contributed by atoms with Gasteiger partial charge in [0.25, 0.3) is 10.1 Å². The molecule has 5 rings (SSSR count). The van der Waals surface area contributed by atoms with Gasteiger partial charge in [0.1, 0.15) is 5.75 Å². The number of fused-ring (bicyclic) bond motifs is 3. The Bertz CT molecular complexity index is 1640. The number of aliphatic hydroxyl groups is 1. The Morgan fingerprint density at radius 3 is 2.54 bits per heavy atom. The molecule has 0 bridgehead atoms. The summed E-state index contributed by atoms with van der Waals surface area (Å²) < 4.78 is 34.8. The van der Waals surface area contributed by atoms with Gasteiger partial charge in [-0.3, -0.25) is 14.3 Å². The van der Waals surface area contributed by atoms with E-state index in [9.17, 15) is 13.2 Å². The number of nitrogens with zero attached hydrogens (tertiary/aromatic N) is 2. The van der Waals surface area contributed by atoms with E-state index in [1.54, 1.807) is 12.4 Å². The molecule has 0 aliphatic rings. The van der Waals surface area contributed by atoms with Gasteiger partial charge < -0.3 is 14.2 Å². The summed E-state index contributed by atoms with van der Waals surface area (Å²) in [4.78, 5) is 17.6. The Morgan fingerprint density at radius 2 is 1.86 bits per heavy atom. The Labute approximate surface area is 210 Å². The van der Waals surface area contributed by atoms with Crippen LogP contribution in [-0.4, -0.2) is 46.9 Å². The summed E-state index contributed by atoms with van der Waals surface area (Å²) >= 11 is 3.57. The minimum atomic E-state index is -3.67. The predicted octanol–water partition coefficient (Wildman–Crippen LogP) is 4.06. The largest absolute Gasteiger partial charge is 0.493 e. The number of halogens is 1. The van der Waals surface area contributed by atoms with Crippen molar-refractivity contribution >= 4 is 53.2 Å². The van der Waals surface area contributed by atoms with E-state index in [0.717, 1.165) is 31.8 Å². The zero-order valence-corrected chi connectivity index (χ0v) is 21.2. The van der Waals surface area contributed by atoms with Crippen molar-refractivity contribution < 1.29 is 22.8 Å². The van der Waals surface area contributed by atoms with E-state index in [1.807, 2.05) is 36.5 Å². The van der Waals surface area contributed by atoms with Crippen LogP contribution in [0.15, 0.2) is 70.3 Å². The number of pyridine rings is 2. The van der Waals surface area contributed by atoms with Gasteiger partial charge in [-0.15, -0.1) is 0 Å². The van der Waals surface area contributed by atoms with Crippen molar-refractivity contribution in [2.24, 2.45) is 0 Å². The highest BCUT2D eigenvalue weighted by Crippen LogP contribution is 2.35. The smallest absolute Gasteiger partial charge is 0.261 e. The van der Waals surface area contributed by atoms with Crippen molar-refractivity contribution in [1.29, 1.82) is 0 Å². The standard InChI is InChI=1S/C24H19BrN2O3.CH4O3S/c25-17-4-5-19-20-11-18(30-8-2-7-28)12-21-23(20)27(22(19)10-17)14-16(24(21)29)9-15-3-1-6-26-13-15;1-5(2,3)4/h1,3-6,10-14,28H,2,7-9H2;1H3,(H,2,3,4). The average molecular weight is 559 g/mol. The van der Waals surface area contributed by atoms with Gasteiger partial charge in [0.05, 0.1) is 29.3 Å². The number of hydrogen-bond donors (Lipinski definition) is 2. The number of hydrogen-bond acceptors (Lipinski definition) is 6. The maximum Gasteiger partial charge on any atom is 0.261 e. The second kappa shape index (κ2) is 10.3. The number of aromatic nitrogens is 2. The van der Waals surface area contributed by atoms with Crippen LogP contribution in [0.4, 0.5) is 0 Å². The Morgan fingerprint density at radius 1 is 1.11 bits per heavy atom. The maximum absolute atomic E-state index is 13.4. The van der Waals surface area contributed by atoms with Crippen LogP contribution in [0, 0.1) is 0 Å². The van der Waals surface area contributed by atoms with Crippen molar-refractivity contribution in [1.82, 2.24) is 9.38 Å². The van der Waals surface area contributed by atoms with Crippen LogP contribution in [0.3, 0.4) is 0 Å². The highest BCUT2D eigenvalue weighted by molar-refractivity contribution is 9.10. The fourth-order valence-electron chi connectivity index (χ4n) is 4.01. The summed E-state index contributed by atoms with van der Waals surface area (Å²) in [5, 5.41) is 11.7. The van der Waals surface area contributed by atoms with Crippen molar-refractivity contribution in [2.75, 3.05) is 19.5 Å². The van der Waals surface area contributed by atoms with Crippen LogP contribution >= 0.6 is 15.9 Å². The van der Waals surface area contributed by atoms with Crippen molar-refractivity contribution in [2.45, 2.75) is 12.8 Å². The van der Waals surface area contributed by atoms with E-state index in [1.165, 1.54) is 0 Å². The van der Waals surface area contributed by atoms with Crippen LogP contribution in [0.5, 0.6) is 5.75 Å². The van der Waals surface area contributed by atoms with Crippen LogP contribution in [0.25, 0.3) is 27.2 Å². The van der Waals surface area contributed by atoms with E-state index in [4.69, 9.17) is 14.4 Å². The second-order valence-corrected chi connectivity index (χ2v) is 10.5. The zero-order valence-electron chi connectivity index (χ0n) is 18.8. The molecule has 3 aromatic heterocycles. The molecule has 5 aromatic rings. The van der Waals surface area contributed by atoms with E-state index in [-0.39, 0.29) is 12.0 Å². The monoisotopic (exact) mass is 558 g/mol. The summed E-state index contributed by atoms with van der Waals surface area (Å²) in [6.07, 6.45) is 7.24. The number of rotatable bonds is 6. The highest BCUT2D eigenvalue weighted by Gasteiger charge is 2.18. The lowest BCUT2D eigenvalue weighted by molar-refractivity contribution is 0.234. The molecule has 10 heteroatoms. The number of benzene rings is 2. The molecule has 0 amide bonds. The highest BCUT2D eigenvalue weighted by atomic mass is 79.9. The molecule has 35 heavy (non-hydrogen) atoms. The predicted molar refractivity (Wildman–Crippen MR) is 139 cm³/mol. The van der Waals surface area contributed by atoms with Crippen LogP contribution in [0.2, 0.25) is 0 Å². The SMILES string of the molecule is CS(=O)(=O)O.O=c1c(Cc2cccnc2)cn2c3cc(Br)ccc3c3cc(OCCCO)cc1c32. The van der Waals surface area contributed by atoms with Gasteiger partial charge in [-0.25, -0.2) is 0 Å². The molecule has 2 N–H and O–H groups in total. The topological polar surface area (TPSA) is 118 Å². The van der Waals surface area contributed by atoms with Crippen molar-refractivity contribution in [3.05, 3.63) is 86.9 Å². The second-order valence-electron chi connectivity index (χ2n) is 8.08. The molecule has 0 fully saturated rings. The number of ether oxygens (including phenoxy) is 1. The third-order valence-corrected chi connectivity index (χ3v) is 5.84. The van der Waals surface area contributed by atoms with Crippen molar-refractivity contribution in [3.63, 3.8) is 0 Å². The molecule has 0 saturated carbocycles. The Hall–Kier alpha value is -3.05. The molecule has 0 unspecified atom stereocenters. The van der Waals surface area contributed by atoms with Gasteiger partial charge in [-0.2, -0.15) is 8.42 Å². The third kappa shape index (κ3) is 5.79. The molecule has 182 valence electrons. The van der Waals surface area contributed by atoms with E-state index < -0.39 is 10.1 Å². The molecular weight excluding hydrogens is 536 g/mol. The summed E-state index contributed by atoms with van der Waals surface area (Å²) in [5.41, 5.74) is 3.64. The zero-order chi connectivity index (χ0) is 25.2. The molecule has 2 aromatic carbocycles. The van der Waals surface area contributed by atoms with Gasteiger partial charge in [0, 0.05) is 58.8 Å². The summed E-state index contributed by atoms with van der Waals surface area (Å²) in [5.74, 6) is 0.642. The summed E-state index contributed by atoms with van der Waals surface area (Å²) in [6, 6.07) is 13.8. The van der Waals surface area contributed by atoms with Gasteiger partial charge >= 0.3 is 0 Å². The molecule has 0 aliphatic carbocycles. The van der Waals surface area contributed by atoms with Gasteiger partial charge in [0.2, 0.25) is 0 Å². The first kappa shape index (κ1) is 25.1. The normalized spacial score (nSPS) is 11.7. The molecule has 0 atom stereocenters. The molecule has 0 spiro atoms. The molecular formula is C25H23BrN2O6S. The minimum absolute atomic E-state index is 0.00540. The number of aliphatic hydroxyl groups excluding tert-OH is 1. The lowest BCUT2D eigenvalue weighted by Gasteiger charge is -2.09. The van der Waals surface area contributed by atoms with Crippen LogP contribution in [-0.2, 0) is 16.5 Å². The quantitative estimate of drug-likeness (QED) is 0.238. The Kier molecular flexibility index (Phi) is 7.36. The minimum Gasteiger partial charge on any atom is -0.493 e. The summed E-state index contributed by atoms with van der Waals surface area (Å²) in [6.45, 7) is 0.470. The molecule has 0 aliphatic heterocycles. The maximum atomic E-state index is 13.4. The molecule has 8 nitrogen and oxygen atoms in total. The van der Waals surface area contributed by atoms with E-state index in [0.29, 0.717) is 42.4 Å². The van der Waals surface area contributed by atoms with Crippen LogP contribution < -0.4 is 10.2 Å². The lowest BCUT2D eigenvalue weighted by atomic mass is 10.0. The molecule has 0 saturated heterocycles. The molecule has 0 radical (unpaired) electrons. The van der Waals surface area contributed by atoms with Gasteiger partial charge in [-0.1, -0.05) is 28.1 Å². The van der Waals surface area contributed by atoms with Gasteiger partial charge in [-0.05, 0) is 35.9 Å². The Balaban J connectivity index is 0.000000527. The fourth-order valence-corrected chi connectivity index (χ4v) is 4.36. The summed E-state index contributed by atoms with van der Waals surface area (Å²) in [7, 11) is -3.67. The first-order valence-corrected chi connectivity index (χ1v) is 13.4. The average Bonchev–Trinajstić information content (AvgIpc) is 3.10. The lowest BCUT2D eigenvalue weighted by Crippen LogP contribution is -2.12.